The molecule has 138 valence electrons. The fraction of sp³-hybridized carbons (Fsp3) is 0.316. The zero-order valence-corrected chi connectivity index (χ0v) is 14.5. The SMILES string of the molecule is O=C(Nc1ccc2c(c1)OC1(CCCCC1)O2)c1ccc2n[nH]c(=O)n2c1. The molecule has 0 radical (unpaired) electrons. The lowest BCUT2D eigenvalue weighted by molar-refractivity contribution is -0.105. The van der Waals surface area contributed by atoms with Gasteiger partial charge in [0.1, 0.15) is 0 Å². The average Bonchev–Trinajstić information content (AvgIpc) is 3.21. The van der Waals surface area contributed by atoms with Crippen molar-refractivity contribution in [1.29, 1.82) is 0 Å². The predicted molar refractivity (Wildman–Crippen MR) is 97.3 cm³/mol. The maximum atomic E-state index is 12.6. The fourth-order valence-corrected chi connectivity index (χ4v) is 3.71. The van der Waals surface area contributed by atoms with Crippen molar-refractivity contribution in [2.24, 2.45) is 0 Å². The topological polar surface area (TPSA) is 97.7 Å². The third-order valence-electron chi connectivity index (χ3n) is 5.08. The molecule has 1 amide bonds. The molecule has 3 heterocycles. The smallest absolute Gasteiger partial charge is 0.347 e. The number of hydrogen-bond donors (Lipinski definition) is 2. The fourth-order valence-electron chi connectivity index (χ4n) is 3.71. The summed E-state index contributed by atoms with van der Waals surface area (Å²) in [7, 11) is 0. The number of carbonyl (C=O) groups is 1. The van der Waals surface area contributed by atoms with Gasteiger partial charge in [-0.05, 0) is 37.1 Å². The Bertz CT molecular complexity index is 1090. The van der Waals surface area contributed by atoms with Gasteiger partial charge in [-0.3, -0.25) is 4.79 Å². The van der Waals surface area contributed by atoms with Crippen molar-refractivity contribution in [3.05, 3.63) is 52.6 Å². The van der Waals surface area contributed by atoms with E-state index in [0.29, 0.717) is 28.4 Å². The van der Waals surface area contributed by atoms with Crippen LogP contribution in [0.15, 0.2) is 41.3 Å². The van der Waals surface area contributed by atoms with Gasteiger partial charge < -0.3 is 14.8 Å². The molecular weight excluding hydrogens is 348 g/mol. The van der Waals surface area contributed by atoms with Gasteiger partial charge in [0.25, 0.3) is 11.7 Å². The molecule has 0 bridgehead atoms. The van der Waals surface area contributed by atoms with Crippen LogP contribution in [0.25, 0.3) is 5.65 Å². The molecule has 8 nitrogen and oxygen atoms in total. The number of ether oxygens (including phenoxy) is 2. The molecule has 1 aliphatic heterocycles. The highest BCUT2D eigenvalue weighted by molar-refractivity contribution is 6.04. The Labute approximate surface area is 154 Å². The van der Waals surface area contributed by atoms with Crippen LogP contribution in [-0.4, -0.2) is 26.3 Å². The van der Waals surface area contributed by atoms with Gasteiger partial charge in [0, 0.05) is 30.8 Å². The first-order valence-corrected chi connectivity index (χ1v) is 9.02. The zero-order chi connectivity index (χ0) is 18.4. The normalized spacial score (nSPS) is 17.3. The number of pyridine rings is 1. The standard InChI is InChI=1S/C19H18N4O4/c24-17(12-4-7-16-21-22-18(25)23(16)11-12)20-13-5-6-14-15(10-13)27-19(26-14)8-2-1-3-9-19/h4-7,10-11H,1-3,8-9H2,(H,20,24)(H,22,25). The average molecular weight is 366 g/mol. The summed E-state index contributed by atoms with van der Waals surface area (Å²) in [6, 6.07) is 8.61. The van der Waals surface area contributed by atoms with E-state index in [9.17, 15) is 9.59 Å². The summed E-state index contributed by atoms with van der Waals surface area (Å²) in [4.78, 5) is 24.2. The highest BCUT2D eigenvalue weighted by Crippen LogP contribution is 2.46. The van der Waals surface area contributed by atoms with Gasteiger partial charge in [0.2, 0.25) is 0 Å². The summed E-state index contributed by atoms with van der Waals surface area (Å²) in [5.41, 5.74) is 1.03. The van der Waals surface area contributed by atoms with Gasteiger partial charge in [0.15, 0.2) is 17.1 Å². The lowest BCUT2D eigenvalue weighted by atomic mass is 9.94. The van der Waals surface area contributed by atoms with Crippen LogP contribution in [0.5, 0.6) is 11.5 Å². The number of aromatic amines is 1. The van der Waals surface area contributed by atoms with E-state index < -0.39 is 5.79 Å². The number of carbonyl (C=O) groups excluding carboxylic acids is 1. The van der Waals surface area contributed by atoms with Crippen molar-refractivity contribution in [2.45, 2.75) is 37.9 Å². The molecule has 0 unspecified atom stereocenters. The Balaban J connectivity index is 1.37. The quantitative estimate of drug-likeness (QED) is 0.727. The van der Waals surface area contributed by atoms with Crippen molar-refractivity contribution in [3.63, 3.8) is 0 Å². The Morgan fingerprint density at radius 1 is 1.11 bits per heavy atom. The molecule has 0 saturated heterocycles. The second kappa shape index (κ2) is 5.87. The number of nitrogens with one attached hydrogen (secondary N) is 2. The third-order valence-corrected chi connectivity index (χ3v) is 5.08. The van der Waals surface area contributed by atoms with E-state index >= 15 is 0 Å². The number of rotatable bonds is 2. The third kappa shape index (κ3) is 2.73. The number of anilines is 1. The summed E-state index contributed by atoms with van der Waals surface area (Å²) >= 11 is 0. The van der Waals surface area contributed by atoms with Crippen LogP contribution in [0.1, 0.15) is 42.5 Å². The van der Waals surface area contributed by atoms with Crippen LogP contribution in [0.4, 0.5) is 5.69 Å². The van der Waals surface area contributed by atoms with E-state index in [2.05, 4.69) is 15.5 Å². The number of hydrogen-bond acceptors (Lipinski definition) is 5. The largest absolute Gasteiger partial charge is 0.448 e. The zero-order valence-electron chi connectivity index (χ0n) is 14.5. The lowest BCUT2D eigenvalue weighted by Gasteiger charge is -2.31. The van der Waals surface area contributed by atoms with E-state index in [1.165, 1.54) is 17.0 Å². The minimum atomic E-state index is -0.545. The molecule has 0 atom stereocenters. The van der Waals surface area contributed by atoms with E-state index in [4.69, 9.17) is 9.47 Å². The van der Waals surface area contributed by atoms with Gasteiger partial charge in [-0.25, -0.2) is 14.3 Å². The predicted octanol–water partition coefficient (Wildman–Crippen LogP) is 2.71. The summed E-state index contributed by atoms with van der Waals surface area (Å²) < 4.78 is 13.4. The van der Waals surface area contributed by atoms with Crippen molar-refractivity contribution < 1.29 is 14.3 Å². The Morgan fingerprint density at radius 3 is 2.78 bits per heavy atom. The van der Waals surface area contributed by atoms with Crippen molar-refractivity contribution in [1.82, 2.24) is 14.6 Å². The molecular formula is C19H18N4O4. The molecule has 3 aromatic rings. The summed E-state index contributed by atoms with van der Waals surface area (Å²) in [6.07, 6.45) is 6.60. The molecule has 5 rings (SSSR count). The number of benzene rings is 1. The number of nitrogens with zero attached hydrogens (tertiary/aromatic N) is 2. The first kappa shape index (κ1) is 15.9. The van der Waals surface area contributed by atoms with Gasteiger partial charge >= 0.3 is 5.69 Å². The van der Waals surface area contributed by atoms with Gasteiger partial charge in [0.05, 0.1) is 5.56 Å². The van der Waals surface area contributed by atoms with Gasteiger partial charge in [-0.1, -0.05) is 6.42 Å². The summed E-state index contributed by atoms with van der Waals surface area (Å²) in [6.45, 7) is 0. The Kier molecular flexibility index (Phi) is 3.46. The summed E-state index contributed by atoms with van der Waals surface area (Å²) in [5.74, 6) is 0.491. The van der Waals surface area contributed by atoms with Gasteiger partial charge in [-0.15, -0.1) is 0 Å². The second-order valence-electron chi connectivity index (χ2n) is 6.97. The second-order valence-corrected chi connectivity index (χ2v) is 6.97. The Morgan fingerprint density at radius 2 is 1.93 bits per heavy atom. The van der Waals surface area contributed by atoms with E-state index in [0.717, 1.165) is 25.7 Å². The molecule has 27 heavy (non-hydrogen) atoms. The van der Waals surface area contributed by atoms with E-state index in [1.54, 1.807) is 24.3 Å². The molecule has 1 fully saturated rings. The molecule has 1 aliphatic carbocycles. The van der Waals surface area contributed by atoms with Crippen LogP contribution in [0.2, 0.25) is 0 Å². The minimum absolute atomic E-state index is 0.323. The highest BCUT2D eigenvalue weighted by atomic mass is 16.7. The molecule has 2 N–H and O–H groups in total. The molecule has 2 aliphatic rings. The number of fused-ring (bicyclic) bond motifs is 2. The molecule has 1 saturated carbocycles. The maximum Gasteiger partial charge on any atom is 0.347 e. The Hall–Kier alpha value is -3.29. The molecule has 2 aromatic heterocycles. The summed E-state index contributed by atoms with van der Waals surface area (Å²) in [5, 5.41) is 9.03. The number of H-pyrrole nitrogens is 1. The van der Waals surface area contributed by atoms with Crippen molar-refractivity contribution >= 4 is 17.2 Å². The number of aromatic nitrogens is 3. The first-order chi connectivity index (χ1) is 13.1. The first-order valence-electron chi connectivity index (χ1n) is 9.02. The highest BCUT2D eigenvalue weighted by Gasteiger charge is 2.42. The number of amides is 1. The van der Waals surface area contributed by atoms with Crippen LogP contribution in [0, 0.1) is 0 Å². The molecule has 1 spiro atoms. The lowest BCUT2D eigenvalue weighted by Crippen LogP contribution is -2.40. The molecule has 8 heteroatoms. The van der Waals surface area contributed by atoms with Crippen LogP contribution in [-0.2, 0) is 0 Å². The van der Waals surface area contributed by atoms with Gasteiger partial charge in [-0.2, -0.15) is 5.10 Å². The molecule has 1 aromatic carbocycles. The van der Waals surface area contributed by atoms with Crippen molar-refractivity contribution in [3.8, 4) is 11.5 Å². The monoisotopic (exact) mass is 366 g/mol. The maximum absolute atomic E-state index is 12.6. The van der Waals surface area contributed by atoms with E-state index in [1.807, 2.05) is 6.07 Å². The van der Waals surface area contributed by atoms with Crippen LogP contribution in [0.3, 0.4) is 0 Å². The van der Waals surface area contributed by atoms with Crippen molar-refractivity contribution in [2.75, 3.05) is 5.32 Å². The minimum Gasteiger partial charge on any atom is -0.448 e. The van der Waals surface area contributed by atoms with Crippen LogP contribution < -0.4 is 20.5 Å². The van der Waals surface area contributed by atoms with Crippen LogP contribution >= 0.6 is 0 Å². The van der Waals surface area contributed by atoms with E-state index in [-0.39, 0.29) is 11.6 Å².